The van der Waals surface area contributed by atoms with Crippen LogP contribution in [0.5, 0.6) is 5.75 Å². The Labute approximate surface area is 72.6 Å². The number of rotatable bonds is 1. The molecule has 0 fully saturated rings. The minimum absolute atomic E-state index is 0.827. The summed E-state index contributed by atoms with van der Waals surface area (Å²) < 4.78 is 5.51. The maximum atomic E-state index is 5.51. The van der Waals surface area contributed by atoms with Gasteiger partial charge < -0.3 is 4.74 Å². The van der Waals surface area contributed by atoms with Crippen molar-refractivity contribution in [1.82, 2.24) is 4.98 Å². The van der Waals surface area contributed by atoms with Gasteiger partial charge in [-0.05, 0) is 19.4 Å². The van der Waals surface area contributed by atoms with Crippen molar-refractivity contribution >= 4 is 0 Å². The van der Waals surface area contributed by atoms with Gasteiger partial charge in [0.2, 0.25) is 0 Å². The molecule has 0 aliphatic carbocycles. The Morgan fingerprint density at radius 2 is 2.42 bits per heavy atom. The molecule has 0 amide bonds. The molecule has 1 aliphatic rings. The van der Waals surface area contributed by atoms with E-state index in [0.717, 1.165) is 36.6 Å². The predicted octanol–water partition coefficient (Wildman–Crippen LogP) is 1.89. The molecular weight excluding hydrogens is 150 g/mol. The summed E-state index contributed by atoms with van der Waals surface area (Å²) in [6.45, 7) is 4.98. The number of aryl methyl sites for hydroxylation is 2. The first kappa shape index (κ1) is 7.59. The van der Waals surface area contributed by atoms with Crippen LogP contribution in [0.1, 0.15) is 23.9 Å². The maximum Gasteiger partial charge on any atom is 0.144 e. The van der Waals surface area contributed by atoms with E-state index in [2.05, 4.69) is 18.0 Å². The molecule has 0 saturated heterocycles. The smallest absolute Gasteiger partial charge is 0.144 e. The van der Waals surface area contributed by atoms with E-state index in [-0.39, 0.29) is 0 Å². The van der Waals surface area contributed by atoms with Crippen molar-refractivity contribution in [1.29, 1.82) is 0 Å². The summed E-state index contributed by atoms with van der Waals surface area (Å²) in [7, 11) is 0. The molecule has 2 heteroatoms. The van der Waals surface area contributed by atoms with Crippen LogP contribution in [-0.4, -0.2) is 11.6 Å². The van der Waals surface area contributed by atoms with Gasteiger partial charge in [-0.2, -0.15) is 0 Å². The lowest BCUT2D eigenvalue weighted by Gasteiger charge is -2.05. The molecule has 0 aromatic carbocycles. The molecule has 2 nitrogen and oxygen atoms in total. The summed E-state index contributed by atoms with van der Waals surface area (Å²) >= 11 is 0. The molecule has 1 aliphatic heterocycles. The highest BCUT2D eigenvalue weighted by Gasteiger charge is 2.16. The van der Waals surface area contributed by atoms with Gasteiger partial charge in [-0.15, -0.1) is 0 Å². The minimum Gasteiger partial charge on any atom is -0.491 e. The summed E-state index contributed by atoms with van der Waals surface area (Å²) in [6.07, 6.45) is 2.01. The quantitative estimate of drug-likeness (QED) is 0.630. The normalized spacial score (nSPS) is 14.2. The second-order valence-corrected chi connectivity index (χ2v) is 3.15. The largest absolute Gasteiger partial charge is 0.491 e. The number of hydrogen-bond donors (Lipinski definition) is 0. The topological polar surface area (TPSA) is 22.1 Å². The van der Waals surface area contributed by atoms with E-state index in [4.69, 9.17) is 4.74 Å². The van der Waals surface area contributed by atoms with Crippen molar-refractivity contribution in [2.24, 2.45) is 0 Å². The zero-order valence-corrected chi connectivity index (χ0v) is 7.55. The monoisotopic (exact) mass is 163 g/mol. The second kappa shape index (κ2) is 2.77. The van der Waals surface area contributed by atoms with E-state index in [1.54, 1.807) is 0 Å². The van der Waals surface area contributed by atoms with Crippen LogP contribution in [0.2, 0.25) is 0 Å². The fourth-order valence-corrected chi connectivity index (χ4v) is 1.66. The van der Waals surface area contributed by atoms with Gasteiger partial charge in [0, 0.05) is 17.7 Å². The Bertz CT molecular complexity index is 307. The van der Waals surface area contributed by atoms with E-state index in [9.17, 15) is 0 Å². The number of nitrogens with zero attached hydrogens (tertiary/aromatic N) is 1. The van der Waals surface area contributed by atoms with Crippen molar-refractivity contribution in [3.63, 3.8) is 0 Å². The second-order valence-electron chi connectivity index (χ2n) is 3.15. The first-order valence-electron chi connectivity index (χ1n) is 4.43. The average molecular weight is 163 g/mol. The van der Waals surface area contributed by atoms with Gasteiger partial charge in [-0.1, -0.05) is 6.92 Å². The summed E-state index contributed by atoms with van der Waals surface area (Å²) in [5, 5.41) is 0. The number of aromatic nitrogens is 1. The van der Waals surface area contributed by atoms with Crippen LogP contribution in [0, 0.1) is 6.92 Å². The lowest BCUT2D eigenvalue weighted by atomic mass is 10.1. The van der Waals surface area contributed by atoms with Crippen LogP contribution in [0.4, 0.5) is 0 Å². The third-order valence-corrected chi connectivity index (χ3v) is 2.20. The highest BCUT2D eigenvalue weighted by molar-refractivity contribution is 5.41. The lowest BCUT2D eigenvalue weighted by molar-refractivity contribution is 0.352. The Kier molecular flexibility index (Phi) is 1.75. The number of ether oxygens (including phenoxy) is 1. The molecule has 0 atom stereocenters. The van der Waals surface area contributed by atoms with Crippen LogP contribution in [0.3, 0.4) is 0 Å². The Balaban J connectivity index is 2.55. The molecule has 0 radical (unpaired) electrons. The van der Waals surface area contributed by atoms with Crippen LogP contribution >= 0.6 is 0 Å². The molecule has 0 unspecified atom stereocenters. The molecule has 0 spiro atoms. The van der Waals surface area contributed by atoms with E-state index >= 15 is 0 Å². The van der Waals surface area contributed by atoms with Crippen LogP contribution in [-0.2, 0) is 12.8 Å². The summed E-state index contributed by atoms with van der Waals surface area (Å²) in [5.74, 6) is 1.04. The SMILES string of the molecule is CCc1nc(C)cc2c1OCC2. The van der Waals surface area contributed by atoms with Crippen molar-refractivity contribution in [2.75, 3.05) is 6.61 Å². The molecule has 1 aromatic rings. The first-order valence-corrected chi connectivity index (χ1v) is 4.43. The van der Waals surface area contributed by atoms with Crippen LogP contribution in [0.15, 0.2) is 6.07 Å². The van der Waals surface area contributed by atoms with Crippen molar-refractivity contribution in [3.05, 3.63) is 23.0 Å². The Hall–Kier alpha value is -1.05. The minimum atomic E-state index is 0.827. The van der Waals surface area contributed by atoms with Crippen LogP contribution < -0.4 is 4.74 Å². The van der Waals surface area contributed by atoms with Crippen LogP contribution in [0.25, 0.3) is 0 Å². The molecule has 0 saturated carbocycles. The molecule has 2 heterocycles. The van der Waals surface area contributed by atoms with Crippen molar-refractivity contribution in [2.45, 2.75) is 26.7 Å². The Morgan fingerprint density at radius 3 is 3.17 bits per heavy atom. The van der Waals surface area contributed by atoms with E-state index < -0.39 is 0 Å². The summed E-state index contributed by atoms with van der Waals surface area (Å²) in [6, 6.07) is 2.13. The standard InChI is InChI=1S/C10H13NO/c1-3-9-10-8(4-5-12-10)6-7(2)11-9/h6H,3-5H2,1-2H3. The number of pyridine rings is 1. The maximum absolute atomic E-state index is 5.51. The van der Waals surface area contributed by atoms with Gasteiger partial charge in [-0.25, -0.2) is 0 Å². The molecular formula is C10H13NO. The molecule has 1 aromatic heterocycles. The third-order valence-electron chi connectivity index (χ3n) is 2.20. The summed E-state index contributed by atoms with van der Waals surface area (Å²) in [4.78, 5) is 4.44. The first-order chi connectivity index (χ1) is 5.81. The van der Waals surface area contributed by atoms with Gasteiger partial charge >= 0.3 is 0 Å². The van der Waals surface area contributed by atoms with Gasteiger partial charge in [-0.3, -0.25) is 4.98 Å². The molecule has 64 valence electrons. The number of fused-ring (bicyclic) bond motifs is 1. The average Bonchev–Trinajstić information content (AvgIpc) is 2.50. The van der Waals surface area contributed by atoms with E-state index in [1.807, 2.05) is 6.92 Å². The van der Waals surface area contributed by atoms with Gasteiger partial charge in [0.1, 0.15) is 5.75 Å². The highest BCUT2D eigenvalue weighted by atomic mass is 16.5. The van der Waals surface area contributed by atoms with E-state index in [1.165, 1.54) is 5.56 Å². The van der Waals surface area contributed by atoms with Crippen molar-refractivity contribution < 1.29 is 4.74 Å². The van der Waals surface area contributed by atoms with Gasteiger partial charge in [0.05, 0.1) is 12.3 Å². The predicted molar refractivity (Wildman–Crippen MR) is 47.6 cm³/mol. The fourth-order valence-electron chi connectivity index (χ4n) is 1.66. The number of hydrogen-bond acceptors (Lipinski definition) is 2. The molecule has 0 bridgehead atoms. The van der Waals surface area contributed by atoms with E-state index in [0.29, 0.717) is 0 Å². The molecule has 2 rings (SSSR count). The van der Waals surface area contributed by atoms with Gasteiger partial charge in [0.15, 0.2) is 0 Å². The third kappa shape index (κ3) is 1.07. The van der Waals surface area contributed by atoms with Gasteiger partial charge in [0.25, 0.3) is 0 Å². The van der Waals surface area contributed by atoms with Crippen molar-refractivity contribution in [3.8, 4) is 5.75 Å². The fraction of sp³-hybridized carbons (Fsp3) is 0.500. The highest BCUT2D eigenvalue weighted by Crippen LogP contribution is 2.28. The zero-order valence-electron chi connectivity index (χ0n) is 7.55. The molecule has 12 heavy (non-hydrogen) atoms. The lowest BCUT2D eigenvalue weighted by Crippen LogP contribution is -1.95. The zero-order chi connectivity index (χ0) is 8.55. The Morgan fingerprint density at radius 1 is 1.58 bits per heavy atom. The summed E-state index contributed by atoms with van der Waals surface area (Å²) in [5.41, 5.74) is 3.55. The molecule has 0 N–H and O–H groups in total.